The van der Waals surface area contributed by atoms with Gasteiger partial charge in [0.2, 0.25) is 0 Å². The van der Waals surface area contributed by atoms with Gasteiger partial charge in [0, 0.05) is 18.7 Å². The number of carbonyl (C=O) groups excluding carboxylic acids is 1. The summed E-state index contributed by atoms with van der Waals surface area (Å²) in [6.07, 6.45) is -2.68. The third-order valence-electron chi connectivity index (χ3n) is 6.25. The molecular formula is C28H30F3NO4. The second kappa shape index (κ2) is 10.4. The van der Waals surface area contributed by atoms with Gasteiger partial charge in [-0.1, -0.05) is 18.2 Å². The lowest BCUT2D eigenvalue weighted by Crippen LogP contribution is -2.39. The fraction of sp³-hybridized carbons (Fsp3) is 0.393. The molecule has 2 heterocycles. The second-order valence-electron chi connectivity index (χ2n) is 9.38. The van der Waals surface area contributed by atoms with Crippen molar-refractivity contribution in [2.75, 3.05) is 19.7 Å². The lowest BCUT2D eigenvalue weighted by molar-refractivity contribution is -0.158. The number of esters is 1. The SMILES string of the molecule is CCOC(=O)C(C)(C)Oc1ccc2c(c1)CCN(Cc1ccc(-c3ccc(C(F)(F)F)cc3)o1)CC2. The highest BCUT2D eigenvalue weighted by molar-refractivity contribution is 5.79. The monoisotopic (exact) mass is 501 g/mol. The van der Waals surface area contributed by atoms with E-state index in [1.165, 1.54) is 23.3 Å². The van der Waals surface area contributed by atoms with Gasteiger partial charge in [0.05, 0.1) is 18.7 Å². The average Bonchev–Trinajstić information content (AvgIpc) is 3.20. The van der Waals surface area contributed by atoms with E-state index >= 15 is 0 Å². The molecule has 36 heavy (non-hydrogen) atoms. The molecule has 0 spiro atoms. The molecule has 5 nitrogen and oxygen atoms in total. The van der Waals surface area contributed by atoms with Gasteiger partial charge in [-0.3, -0.25) is 4.90 Å². The highest BCUT2D eigenvalue weighted by Gasteiger charge is 2.32. The number of carbonyl (C=O) groups is 1. The number of hydrogen-bond acceptors (Lipinski definition) is 5. The number of hydrogen-bond donors (Lipinski definition) is 0. The Hall–Kier alpha value is -3.26. The molecule has 0 amide bonds. The van der Waals surface area contributed by atoms with Crippen molar-refractivity contribution >= 4 is 5.97 Å². The van der Waals surface area contributed by atoms with Crippen molar-refractivity contribution in [1.29, 1.82) is 0 Å². The van der Waals surface area contributed by atoms with Gasteiger partial charge in [-0.2, -0.15) is 13.2 Å². The van der Waals surface area contributed by atoms with Gasteiger partial charge in [0.1, 0.15) is 17.3 Å². The number of alkyl halides is 3. The highest BCUT2D eigenvalue weighted by atomic mass is 19.4. The first-order valence-electron chi connectivity index (χ1n) is 12.0. The average molecular weight is 502 g/mol. The second-order valence-corrected chi connectivity index (χ2v) is 9.38. The van der Waals surface area contributed by atoms with Crippen LogP contribution in [0.1, 0.15) is 43.2 Å². The molecule has 0 radical (unpaired) electrons. The van der Waals surface area contributed by atoms with Crippen molar-refractivity contribution in [2.24, 2.45) is 0 Å². The quantitative estimate of drug-likeness (QED) is 0.357. The van der Waals surface area contributed by atoms with Crippen LogP contribution in [-0.2, 0) is 35.1 Å². The first kappa shape index (κ1) is 25.8. The maximum Gasteiger partial charge on any atom is 0.416 e. The maximum absolute atomic E-state index is 12.8. The molecule has 1 aromatic heterocycles. The molecule has 4 rings (SSSR count). The lowest BCUT2D eigenvalue weighted by atomic mass is 10.0. The van der Waals surface area contributed by atoms with E-state index in [2.05, 4.69) is 4.90 Å². The van der Waals surface area contributed by atoms with Crippen LogP contribution in [0.4, 0.5) is 13.2 Å². The van der Waals surface area contributed by atoms with Gasteiger partial charge in [-0.25, -0.2) is 4.79 Å². The summed E-state index contributed by atoms with van der Waals surface area (Å²) in [5.74, 6) is 1.53. The minimum Gasteiger partial charge on any atom is -0.476 e. The molecule has 0 aliphatic carbocycles. The molecule has 2 aromatic carbocycles. The molecule has 3 aromatic rings. The Kier molecular flexibility index (Phi) is 7.45. The fourth-order valence-electron chi connectivity index (χ4n) is 4.27. The molecule has 0 unspecified atom stereocenters. The topological polar surface area (TPSA) is 51.9 Å². The Morgan fingerprint density at radius 2 is 1.67 bits per heavy atom. The molecule has 1 aliphatic heterocycles. The molecule has 0 fully saturated rings. The van der Waals surface area contributed by atoms with Crippen LogP contribution < -0.4 is 4.74 Å². The van der Waals surface area contributed by atoms with Crippen LogP contribution in [0.2, 0.25) is 0 Å². The number of fused-ring (bicyclic) bond motifs is 1. The van der Waals surface area contributed by atoms with Crippen molar-refractivity contribution in [3.63, 3.8) is 0 Å². The molecule has 1 aliphatic rings. The van der Waals surface area contributed by atoms with E-state index in [4.69, 9.17) is 13.9 Å². The normalized spacial score (nSPS) is 14.7. The number of rotatable bonds is 7. The Morgan fingerprint density at radius 1 is 0.972 bits per heavy atom. The first-order chi connectivity index (χ1) is 17.0. The van der Waals surface area contributed by atoms with Gasteiger partial charge in [0.25, 0.3) is 0 Å². The van der Waals surface area contributed by atoms with Crippen LogP contribution in [0.5, 0.6) is 5.75 Å². The number of nitrogens with zero attached hydrogens (tertiary/aromatic N) is 1. The van der Waals surface area contributed by atoms with Gasteiger partial charge in [0.15, 0.2) is 5.60 Å². The molecular weight excluding hydrogens is 471 g/mol. The van der Waals surface area contributed by atoms with Crippen molar-refractivity contribution in [3.8, 4) is 17.1 Å². The summed E-state index contributed by atoms with van der Waals surface area (Å²) in [5, 5.41) is 0. The summed E-state index contributed by atoms with van der Waals surface area (Å²) >= 11 is 0. The zero-order valence-corrected chi connectivity index (χ0v) is 20.7. The van der Waals surface area contributed by atoms with Gasteiger partial charge in [-0.05, 0) is 81.1 Å². The van der Waals surface area contributed by atoms with E-state index in [9.17, 15) is 18.0 Å². The van der Waals surface area contributed by atoms with E-state index in [1.54, 1.807) is 26.8 Å². The van der Waals surface area contributed by atoms with Crippen LogP contribution >= 0.6 is 0 Å². The zero-order chi connectivity index (χ0) is 25.9. The van der Waals surface area contributed by atoms with Crippen LogP contribution in [0.25, 0.3) is 11.3 Å². The number of benzene rings is 2. The van der Waals surface area contributed by atoms with Crippen molar-refractivity contribution < 1.29 is 31.9 Å². The number of halogens is 3. The van der Waals surface area contributed by atoms with Crippen LogP contribution in [0, 0.1) is 0 Å². The number of furan rings is 1. The molecule has 8 heteroatoms. The summed E-state index contributed by atoms with van der Waals surface area (Å²) in [5.41, 5.74) is 1.27. The highest BCUT2D eigenvalue weighted by Crippen LogP contribution is 2.32. The minimum atomic E-state index is -4.36. The Morgan fingerprint density at radius 3 is 2.33 bits per heavy atom. The third-order valence-corrected chi connectivity index (χ3v) is 6.25. The summed E-state index contributed by atoms with van der Waals surface area (Å²) in [7, 11) is 0. The predicted octanol–water partition coefficient (Wildman–Crippen LogP) is 6.29. The minimum absolute atomic E-state index is 0.299. The lowest BCUT2D eigenvalue weighted by Gasteiger charge is -2.24. The molecule has 0 bridgehead atoms. The van der Waals surface area contributed by atoms with E-state index in [0.717, 1.165) is 43.8 Å². The summed E-state index contributed by atoms with van der Waals surface area (Å²) in [6, 6.07) is 14.6. The molecule has 0 N–H and O–H groups in total. The first-order valence-corrected chi connectivity index (χ1v) is 12.0. The van der Waals surface area contributed by atoms with Crippen LogP contribution in [0.3, 0.4) is 0 Å². The Bertz CT molecular complexity index is 1200. The van der Waals surface area contributed by atoms with Crippen molar-refractivity contribution in [3.05, 3.63) is 77.0 Å². The standard InChI is InChI=1S/C28H30F3NO4/c1-4-34-26(33)27(2,3)36-23-10-7-19-13-15-32(16-14-21(19)17-23)18-24-11-12-25(35-24)20-5-8-22(9-6-20)28(29,30)31/h5-12,17H,4,13-16,18H2,1-3H3. The van der Waals surface area contributed by atoms with Crippen molar-refractivity contribution in [1.82, 2.24) is 4.90 Å². The van der Waals surface area contributed by atoms with Crippen LogP contribution in [-0.4, -0.2) is 36.2 Å². The molecule has 0 atom stereocenters. The molecule has 192 valence electrons. The fourth-order valence-corrected chi connectivity index (χ4v) is 4.27. The maximum atomic E-state index is 12.8. The number of ether oxygens (including phenoxy) is 2. The van der Waals surface area contributed by atoms with Gasteiger partial charge in [-0.15, -0.1) is 0 Å². The summed E-state index contributed by atoms with van der Waals surface area (Å²) in [4.78, 5) is 14.5. The Labute approximate surface area is 208 Å². The molecule has 0 saturated carbocycles. The zero-order valence-electron chi connectivity index (χ0n) is 20.7. The molecule has 0 saturated heterocycles. The summed E-state index contributed by atoms with van der Waals surface area (Å²) < 4.78 is 55.5. The van der Waals surface area contributed by atoms with Crippen molar-refractivity contribution in [2.45, 2.75) is 51.9 Å². The Balaban J connectivity index is 1.38. The smallest absolute Gasteiger partial charge is 0.416 e. The van der Waals surface area contributed by atoms with Gasteiger partial charge < -0.3 is 13.9 Å². The largest absolute Gasteiger partial charge is 0.476 e. The third kappa shape index (κ3) is 6.10. The summed E-state index contributed by atoms with van der Waals surface area (Å²) in [6.45, 7) is 7.72. The van der Waals surface area contributed by atoms with E-state index in [0.29, 0.717) is 30.2 Å². The van der Waals surface area contributed by atoms with E-state index in [-0.39, 0.29) is 0 Å². The van der Waals surface area contributed by atoms with Crippen LogP contribution in [0.15, 0.2) is 59.0 Å². The van der Waals surface area contributed by atoms with E-state index < -0.39 is 23.3 Å². The van der Waals surface area contributed by atoms with Gasteiger partial charge >= 0.3 is 12.1 Å². The predicted molar refractivity (Wildman–Crippen MR) is 130 cm³/mol. The van der Waals surface area contributed by atoms with E-state index in [1.807, 2.05) is 24.3 Å².